The molecule has 5 nitrogen and oxygen atoms in total. The first-order chi connectivity index (χ1) is 12.0. The molecule has 0 radical (unpaired) electrons. The number of rotatable bonds is 9. The minimum absolute atomic E-state index is 0. The van der Waals surface area contributed by atoms with Gasteiger partial charge in [0.1, 0.15) is 0 Å². The maximum atomic E-state index is 13.0. The molecule has 0 spiro atoms. The summed E-state index contributed by atoms with van der Waals surface area (Å²) >= 11 is 0. The van der Waals surface area contributed by atoms with Gasteiger partial charge in [0.25, 0.3) is 0 Å². The highest BCUT2D eigenvalue weighted by Crippen LogP contribution is 2.18. The van der Waals surface area contributed by atoms with E-state index < -0.39 is 10.0 Å². The van der Waals surface area contributed by atoms with Crippen LogP contribution in [-0.4, -0.2) is 38.1 Å². The molecule has 0 heterocycles. The van der Waals surface area contributed by atoms with Gasteiger partial charge in [-0.3, -0.25) is 4.79 Å². The minimum Gasteiger partial charge on any atom is -0.329 e. The molecule has 0 bridgehead atoms. The summed E-state index contributed by atoms with van der Waals surface area (Å²) in [5.41, 5.74) is 7.09. The summed E-state index contributed by atoms with van der Waals surface area (Å²) in [4.78, 5) is 12.0. The van der Waals surface area contributed by atoms with Crippen molar-refractivity contribution in [2.45, 2.75) is 24.7 Å². The van der Waals surface area contributed by atoms with E-state index in [1.54, 1.807) is 19.1 Å². The van der Waals surface area contributed by atoms with Crippen molar-refractivity contribution < 1.29 is 13.2 Å². The van der Waals surface area contributed by atoms with Gasteiger partial charge in [-0.1, -0.05) is 49.4 Å². The molecule has 2 aromatic rings. The van der Waals surface area contributed by atoms with E-state index in [1.807, 2.05) is 30.3 Å². The number of ketones is 1. The largest absolute Gasteiger partial charge is 0.329 e. The van der Waals surface area contributed by atoms with E-state index in [2.05, 4.69) is 0 Å². The molecule has 0 aliphatic carbocycles. The van der Waals surface area contributed by atoms with Crippen molar-refractivity contribution in [2.24, 2.45) is 5.73 Å². The number of hydrogen-bond acceptors (Lipinski definition) is 4. The van der Waals surface area contributed by atoms with E-state index in [4.69, 9.17) is 5.73 Å². The van der Waals surface area contributed by atoms with E-state index in [0.29, 0.717) is 24.9 Å². The highest BCUT2D eigenvalue weighted by Gasteiger charge is 2.24. The van der Waals surface area contributed by atoms with Gasteiger partial charge >= 0.3 is 0 Å². The lowest BCUT2D eigenvalue weighted by molar-refractivity contribution is 0.0988. The van der Waals surface area contributed by atoms with Crippen molar-refractivity contribution in [3.05, 3.63) is 65.7 Å². The number of nitrogens with two attached hydrogens (primary N) is 1. The minimum atomic E-state index is -3.70. The summed E-state index contributed by atoms with van der Waals surface area (Å²) in [6, 6.07) is 15.9. The summed E-state index contributed by atoms with van der Waals surface area (Å²) in [6.45, 7) is 2.57. The Hall–Kier alpha value is -1.73. The van der Waals surface area contributed by atoms with Crippen LogP contribution in [0.1, 0.15) is 29.3 Å². The van der Waals surface area contributed by atoms with Crippen LogP contribution in [0.3, 0.4) is 0 Å². The first kappa shape index (κ1) is 22.3. The third-order valence-electron chi connectivity index (χ3n) is 3.99. The van der Waals surface area contributed by atoms with Crippen LogP contribution in [-0.2, 0) is 16.4 Å². The lowest BCUT2D eigenvalue weighted by Gasteiger charge is -2.22. The maximum absolute atomic E-state index is 13.0. The second kappa shape index (κ2) is 10.4. The van der Waals surface area contributed by atoms with Crippen molar-refractivity contribution in [1.82, 2.24) is 4.31 Å². The fourth-order valence-electron chi connectivity index (χ4n) is 2.58. The summed E-state index contributed by atoms with van der Waals surface area (Å²) in [7, 11) is -3.70. The average molecular weight is 397 g/mol. The number of halogens is 1. The Balaban J connectivity index is 0.00000338. The molecule has 2 rings (SSSR count). The number of carbonyl (C=O) groups is 1. The Labute approximate surface area is 161 Å². The molecule has 0 saturated carbocycles. The molecule has 26 heavy (non-hydrogen) atoms. The van der Waals surface area contributed by atoms with E-state index >= 15 is 0 Å². The third kappa shape index (κ3) is 5.64. The quantitative estimate of drug-likeness (QED) is 0.661. The second-order valence-electron chi connectivity index (χ2n) is 5.73. The van der Waals surface area contributed by atoms with E-state index in [9.17, 15) is 13.2 Å². The first-order valence-corrected chi connectivity index (χ1v) is 9.80. The lowest BCUT2D eigenvalue weighted by Crippen LogP contribution is -2.37. The summed E-state index contributed by atoms with van der Waals surface area (Å²) in [5, 5.41) is 0. The number of Topliss-reactive ketones (excluding diaryl/α,β-unsaturated/α-hetero) is 1. The molecule has 2 N–H and O–H groups in total. The zero-order valence-electron chi connectivity index (χ0n) is 14.8. The van der Waals surface area contributed by atoms with Gasteiger partial charge < -0.3 is 5.73 Å². The molecule has 0 atom stereocenters. The van der Waals surface area contributed by atoms with Crippen molar-refractivity contribution in [3.8, 4) is 0 Å². The highest BCUT2D eigenvalue weighted by molar-refractivity contribution is 7.89. The van der Waals surface area contributed by atoms with E-state index in [-0.39, 0.29) is 36.2 Å². The van der Waals surface area contributed by atoms with Gasteiger partial charge in [-0.05, 0) is 24.1 Å². The zero-order valence-corrected chi connectivity index (χ0v) is 16.4. The molecule has 0 amide bonds. The molecular weight excluding hydrogens is 372 g/mol. The first-order valence-electron chi connectivity index (χ1n) is 8.36. The monoisotopic (exact) mass is 396 g/mol. The van der Waals surface area contributed by atoms with Gasteiger partial charge in [0, 0.05) is 31.6 Å². The Morgan fingerprint density at radius 1 is 1.04 bits per heavy atom. The molecule has 0 unspecified atom stereocenters. The molecule has 0 fully saturated rings. The van der Waals surface area contributed by atoms with Crippen molar-refractivity contribution >= 4 is 28.2 Å². The van der Waals surface area contributed by atoms with Gasteiger partial charge in [0.05, 0.1) is 4.90 Å². The van der Waals surface area contributed by atoms with Gasteiger partial charge in [-0.15, -0.1) is 12.4 Å². The number of nitrogens with zero attached hydrogens (tertiary/aromatic N) is 1. The smallest absolute Gasteiger partial charge is 0.243 e. The zero-order chi connectivity index (χ0) is 18.3. The maximum Gasteiger partial charge on any atom is 0.243 e. The van der Waals surface area contributed by atoms with Crippen LogP contribution in [0.15, 0.2) is 59.5 Å². The molecule has 0 saturated heterocycles. The van der Waals surface area contributed by atoms with Gasteiger partial charge in [-0.25, -0.2) is 8.42 Å². The number of hydrogen-bond donors (Lipinski definition) is 1. The average Bonchev–Trinajstić information content (AvgIpc) is 2.65. The Kier molecular flexibility index (Phi) is 8.95. The summed E-state index contributed by atoms with van der Waals surface area (Å²) in [6.07, 6.45) is 0.942. The molecule has 142 valence electrons. The SMILES string of the molecule is CCC(=O)c1cccc(S(=O)(=O)N(CCN)CCc2ccccc2)c1.Cl. The molecule has 0 aliphatic rings. The predicted molar refractivity (Wildman–Crippen MR) is 106 cm³/mol. The number of carbonyl (C=O) groups excluding carboxylic acids is 1. The number of sulfonamides is 1. The molecule has 2 aromatic carbocycles. The van der Waals surface area contributed by atoms with Gasteiger partial charge in [0.2, 0.25) is 10.0 Å². The fraction of sp³-hybridized carbons (Fsp3) is 0.316. The summed E-state index contributed by atoms with van der Waals surface area (Å²) in [5.74, 6) is -0.0771. The van der Waals surface area contributed by atoms with Crippen LogP contribution in [0.2, 0.25) is 0 Å². The molecular formula is C19H25ClN2O3S. The van der Waals surface area contributed by atoms with Gasteiger partial charge in [0.15, 0.2) is 5.78 Å². The van der Waals surface area contributed by atoms with Crippen LogP contribution < -0.4 is 5.73 Å². The Morgan fingerprint density at radius 3 is 2.35 bits per heavy atom. The Bertz CT molecular complexity index is 811. The van der Waals surface area contributed by atoms with Crippen LogP contribution in [0, 0.1) is 0 Å². The van der Waals surface area contributed by atoms with Crippen LogP contribution in [0.5, 0.6) is 0 Å². The summed E-state index contributed by atoms with van der Waals surface area (Å²) < 4.78 is 27.3. The van der Waals surface area contributed by atoms with Crippen molar-refractivity contribution in [3.63, 3.8) is 0 Å². The second-order valence-corrected chi connectivity index (χ2v) is 7.67. The molecule has 0 aromatic heterocycles. The van der Waals surface area contributed by atoms with Crippen LogP contribution >= 0.6 is 12.4 Å². The van der Waals surface area contributed by atoms with E-state index in [1.165, 1.54) is 16.4 Å². The fourth-order valence-corrected chi connectivity index (χ4v) is 4.08. The highest BCUT2D eigenvalue weighted by atomic mass is 35.5. The topological polar surface area (TPSA) is 80.5 Å². The predicted octanol–water partition coefficient (Wildman–Crippen LogP) is 2.89. The van der Waals surface area contributed by atoms with E-state index in [0.717, 1.165) is 5.56 Å². The molecule has 0 aliphatic heterocycles. The standard InChI is InChI=1S/C19H24N2O3S.ClH/c1-2-19(22)17-9-6-10-18(15-17)25(23,24)21(14-12-20)13-11-16-7-4-3-5-8-16;/h3-10,15H,2,11-14,20H2,1H3;1H. The van der Waals surface area contributed by atoms with Crippen molar-refractivity contribution in [1.29, 1.82) is 0 Å². The molecule has 7 heteroatoms. The van der Waals surface area contributed by atoms with Crippen LogP contribution in [0.25, 0.3) is 0 Å². The van der Waals surface area contributed by atoms with Gasteiger partial charge in [-0.2, -0.15) is 4.31 Å². The van der Waals surface area contributed by atoms with Crippen LogP contribution in [0.4, 0.5) is 0 Å². The lowest BCUT2D eigenvalue weighted by atomic mass is 10.1. The number of benzene rings is 2. The normalized spacial score (nSPS) is 11.2. The van der Waals surface area contributed by atoms with Crippen molar-refractivity contribution in [2.75, 3.05) is 19.6 Å². The third-order valence-corrected chi connectivity index (χ3v) is 5.88. The Morgan fingerprint density at radius 2 is 1.73 bits per heavy atom.